The number of hydrogen-bond donors (Lipinski definition) is 1. The van der Waals surface area contributed by atoms with E-state index in [1.54, 1.807) is 11.1 Å². The van der Waals surface area contributed by atoms with Crippen molar-refractivity contribution < 1.29 is 14.7 Å². The van der Waals surface area contributed by atoms with Crippen LogP contribution in [0.4, 0.5) is 0 Å². The zero-order valence-electron chi connectivity index (χ0n) is 14.2. The van der Waals surface area contributed by atoms with E-state index in [9.17, 15) is 14.7 Å². The first-order valence-corrected chi connectivity index (χ1v) is 8.25. The van der Waals surface area contributed by atoms with Gasteiger partial charge in [0.25, 0.3) is 5.91 Å². The SMILES string of the molecule is Cc1nc2c(cnn2C(C)C)cc1C(=O)N1CCCC(C(=O)O)C1. The zero-order valence-corrected chi connectivity index (χ0v) is 14.2. The van der Waals surface area contributed by atoms with Gasteiger partial charge in [-0.15, -0.1) is 0 Å². The molecule has 0 saturated carbocycles. The van der Waals surface area contributed by atoms with Crippen LogP contribution in [0.5, 0.6) is 0 Å². The number of aryl methyl sites for hydroxylation is 1. The molecule has 128 valence electrons. The molecule has 1 amide bonds. The molecule has 3 rings (SSSR count). The highest BCUT2D eigenvalue weighted by Crippen LogP contribution is 2.23. The van der Waals surface area contributed by atoms with Crippen molar-refractivity contribution in [1.82, 2.24) is 19.7 Å². The average molecular weight is 330 g/mol. The molecule has 1 unspecified atom stereocenters. The summed E-state index contributed by atoms with van der Waals surface area (Å²) in [6.45, 7) is 6.72. The number of fused-ring (bicyclic) bond motifs is 1. The van der Waals surface area contributed by atoms with Gasteiger partial charge in [0.05, 0.1) is 23.4 Å². The van der Waals surface area contributed by atoms with Crippen molar-refractivity contribution >= 4 is 22.9 Å². The predicted octanol–water partition coefficient (Wildman–Crippen LogP) is 2.26. The van der Waals surface area contributed by atoms with Crippen LogP contribution in [-0.2, 0) is 4.79 Å². The minimum absolute atomic E-state index is 0.148. The summed E-state index contributed by atoms with van der Waals surface area (Å²) in [5.74, 6) is -1.47. The second kappa shape index (κ2) is 6.22. The number of likely N-dealkylation sites (tertiary alicyclic amines) is 1. The number of aliphatic carboxylic acids is 1. The maximum Gasteiger partial charge on any atom is 0.308 e. The van der Waals surface area contributed by atoms with Crippen molar-refractivity contribution in [2.75, 3.05) is 13.1 Å². The van der Waals surface area contributed by atoms with Gasteiger partial charge in [0.15, 0.2) is 5.65 Å². The third-order valence-corrected chi connectivity index (χ3v) is 4.54. The molecular formula is C17H22N4O3. The molecule has 0 radical (unpaired) electrons. The second-order valence-corrected chi connectivity index (χ2v) is 6.65. The third kappa shape index (κ3) is 2.86. The number of carbonyl (C=O) groups excluding carboxylic acids is 1. The number of carboxylic acids is 1. The molecular weight excluding hydrogens is 308 g/mol. The lowest BCUT2D eigenvalue weighted by atomic mass is 9.97. The maximum absolute atomic E-state index is 12.8. The van der Waals surface area contributed by atoms with E-state index < -0.39 is 11.9 Å². The number of carbonyl (C=O) groups is 2. The Labute approximate surface area is 140 Å². The molecule has 7 heteroatoms. The molecule has 24 heavy (non-hydrogen) atoms. The van der Waals surface area contributed by atoms with Crippen molar-refractivity contribution in [3.63, 3.8) is 0 Å². The van der Waals surface area contributed by atoms with E-state index in [0.717, 1.165) is 11.0 Å². The normalized spacial score (nSPS) is 18.3. The highest BCUT2D eigenvalue weighted by molar-refractivity contribution is 5.98. The van der Waals surface area contributed by atoms with E-state index in [-0.39, 0.29) is 18.5 Å². The topological polar surface area (TPSA) is 88.3 Å². The van der Waals surface area contributed by atoms with Gasteiger partial charge in [-0.3, -0.25) is 9.59 Å². The smallest absolute Gasteiger partial charge is 0.308 e. The van der Waals surface area contributed by atoms with Crippen LogP contribution in [0.3, 0.4) is 0 Å². The largest absolute Gasteiger partial charge is 0.481 e. The Hall–Kier alpha value is -2.44. The minimum atomic E-state index is -0.837. The average Bonchev–Trinajstić information content (AvgIpc) is 2.96. The first-order valence-electron chi connectivity index (χ1n) is 8.25. The Balaban J connectivity index is 1.92. The zero-order chi connectivity index (χ0) is 17.4. The molecule has 1 N–H and O–H groups in total. The molecule has 1 aliphatic rings. The molecule has 1 saturated heterocycles. The number of amides is 1. The number of pyridine rings is 1. The molecule has 0 aliphatic carbocycles. The Morgan fingerprint density at radius 1 is 1.38 bits per heavy atom. The van der Waals surface area contributed by atoms with E-state index >= 15 is 0 Å². The van der Waals surface area contributed by atoms with Crippen LogP contribution in [-0.4, -0.2) is 49.7 Å². The fourth-order valence-corrected chi connectivity index (χ4v) is 3.19. The van der Waals surface area contributed by atoms with Gasteiger partial charge in [0, 0.05) is 24.5 Å². The van der Waals surface area contributed by atoms with Crippen molar-refractivity contribution in [2.24, 2.45) is 5.92 Å². The number of nitrogens with zero attached hydrogens (tertiary/aromatic N) is 4. The summed E-state index contributed by atoms with van der Waals surface area (Å²) in [6, 6.07) is 2.00. The lowest BCUT2D eigenvalue weighted by molar-refractivity contribution is -0.143. The van der Waals surface area contributed by atoms with E-state index in [1.807, 2.05) is 31.5 Å². The highest BCUT2D eigenvalue weighted by Gasteiger charge is 2.29. The van der Waals surface area contributed by atoms with Gasteiger partial charge in [0.1, 0.15) is 0 Å². The van der Waals surface area contributed by atoms with Crippen molar-refractivity contribution in [2.45, 2.75) is 39.7 Å². The Bertz CT molecular complexity index is 796. The fraction of sp³-hybridized carbons (Fsp3) is 0.529. The number of piperidine rings is 1. The van der Waals surface area contributed by atoms with Crippen molar-refractivity contribution in [1.29, 1.82) is 0 Å². The molecule has 0 bridgehead atoms. The van der Waals surface area contributed by atoms with Gasteiger partial charge >= 0.3 is 5.97 Å². The fourth-order valence-electron chi connectivity index (χ4n) is 3.19. The van der Waals surface area contributed by atoms with Gasteiger partial charge in [-0.05, 0) is 39.7 Å². The molecule has 1 atom stereocenters. The monoisotopic (exact) mass is 330 g/mol. The summed E-state index contributed by atoms with van der Waals surface area (Å²) < 4.78 is 1.83. The number of aromatic nitrogens is 3. The number of rotatable bonds is 3. The first kappa shape index (κ1) is 16.4. The lowest BCUT2D eigenvalue weighted by Crippen LogP contribution is -2.42. The molecule has 1 aliphatic heterocycles. The van der Waals surface area contributed by atoms with Crippen LogP contribution >= 0.6 is 0 Å². The minimum Gasteiger partial charge on any atom is -0.481 e. The summed E-state index contributed by atoms with van der Waals surface area (Å²) in [7, 11) is 0. The van der Waals surface area contributed by atoms with Crippen LogP contribution < -0.4 is 0 Å². The molecule has 0 spiro atoms. The summed E-state index contributed by atoms with van der Waals surface area (Å²) >= 11 is 0. The maximum atomic E-state index is 12.8. The van der Waals surface area contributed by atoms with E-state index in [1.165, 1.54) is 0 Å². The summed E-state index contributed by atoms with van der Waals surface area (Å²) in [6.07, 6.45) is 3.05. The Kier molecular flexibility index (Phi) is 4.26. The van der Waals surface area contributed by atoms with Crippen LogP contribution in [0.2, 0.25) is 0 Å². The van der Waals surface area contributed by atoms with Crippen LogP contribution in [0.15, 0.2) is 12.3 Å². The predicted molar refractivity (Wildman–Crippen MR) is 88.9 cm³/mol. The van der Waals surface area contributed by atoms with E-state index in [2.05, 4.69) is 10.1 Å². The second-order valence-electron chi connectivity index (χ2n) is 6.65. The lowest BCUT2D eigenvalue weighted by Gasteiger charge is -2.31. The quantitative estimate of drug-likeness (QED) is 0.932. The molecule has 2 aromatic heterocycles. The summed E-state index contributed by atoms with van der Waals surface area (Å²) in [5.41, 5.74) is 1.94. The third-order valence-electron chi connectivity index (χ3n) is 4.54. The molecule has 2 aromatic rings. The van der Waals surface area contributed by atoms with E-state index in [0.29, 0.717) is 30.6 Å². The highest BCUT2D eigenvalue weighted by atomic mass is 16.4. The van der Waals surface area contributed by atoms with Gasteiger partial charge in [-0.2, -0.15) is 5.10 Å². The summed E-state index contributed by atoms with van der Waals surface area (Å²) in [5, 5.41) is 14.4. The van der Waals surface area contributed by atoms with Gasteiger partial charge in [-0.1, -0.05) is 0 Å². The first-order chi connectivity index (χ1) is 11.4. The number of hydrogen-bond acceptors (Lipinski definition) is 4. The van der Waals surface area contributed by atoms with Gasteiger partial charge in [0.2, 0.25) is 0 Å². The van der Waals surface area contributed by atoms with Crippen LogP contribution in [0.25, 0.3) is 11.0 Å². The standard InChI is InChI=1S/C17H22N4O3/c1-10(2)21-15-13(8-18-21)7-14(11(3)19-15)16(22)20-6-4-5-12(9-20)17(23)24/h7-8,10,12H,4-6,9H2,1-3H3,(H,23,24). The molecule has 7 nitrogen and oxygen atoms in total. The van der Waals surface area contributed by atoms with Crippen molar-refractivity contribution in [3.8, 4) is 0 Å². The molecule has 1 fully saturated rings. The number of carboxylic acid groups (broad SMARTS) is 1. The summed E-state index contributed by atoms with van der Waals surface area (Å²) in [4.78, 5) is 30.2. The van der Waals surface area contributed by atoms with Crippen LogP contribution in [0, 0.1) is 12.8 Å². The van der Waals surface area contributed by atoms with E-state index in [4.69, 9.17) is 0 Å². The van der Waals surface area contributed by atoms with Crippen molar-refractivity contribution in [3.05, 3.63) is 23.5 Å². The van der Waals surface area contributed by atoms with Crippen LogP contribution in [0.1, 0.15) is 48.8 Å². The molecule has 3 heterocycles. The molecule has 0 aromatic carbocycles. The van der Waals surface area contributed by atoms with Gasteiger partial charge < -0.3 is 10.0 Å². The van der Waals surface area contributed by atoms with Gasteiger partial charge in [-0.25, -0.2) is 9.67 Å². The Morgan fingerprint density at radius 3 is 2.79 bits per heavy atom. The Morgan fingerprint density at radius 2 is 2.12 bits per heavy atom.